The third kappa shape index (κ3) is 6.52. The third-order valence-electron chi connectivity index (χ3n) is 4.22. The Bertz CT molecular complexity index is 953. The number of aliphatic hydroxyl groups excluding tert-OH is 3. The van der Waals surface area contributed by atoms with E-state index in [2.05, 4.69) is 11.8 Å². The van der Waals surface area contributed by atoms with Gasteiger partial charge in [0.15, 0.2) is 0 Å². The molecule has 0 aliphatic rings. The summed E-state index contributed by atoms with van der Waals surface area (Å²) >= 11 is 0. The molecule has 2 rings (SSSR count). The second-order valence-corrected chi connectivity index (χ2v) is 6.53. The number of nitrogens with two attached hydrogens (primary N) is 1. The van der Waals surface area contributed by atoms with E-state index in [-0.39, 0.29) is 54.9 Å². The molecule has 0 saturated heterocycles. The summed E-state index contributed by atoms with van der Waals surface area (Å²) in [6.07, 6.45) is -0.786. The van der Waals surface area contributed by atoms with E-state index in [0.717, 1.165) is 12.1 Å². The number of rotatable bonds is 9. The van der Waals surface area contributed by atoms with E-state index in [0.29, 0.717) is 5.56 Å². The van der Waals surface area contributed by atoms with Gasteiger partial charge in [-0.3, -0.25) is 4.79 Å². The Balaban J connectivity index is 2.30. The van der Waals surface area contributed by atoms with Crippen LogP contribution in [0.1, 0.15) is 39.9 Å². The van der Waals surface area contributed by atoms with Crippen LogP contribution in [0.3, 0.4) is 0 Å². The van der Waals surface area contributed by atoms with Gasteiger partial charge in [0, 0.05) is 30.9 Å². The molecule has 0 aliphatic carbocycles. The molecule has 6 nitrogen and oxygen atoms in total. The highest BCUT2D eigenvalue weighted by molar-refractivity contribution is 5.97. The van der Waals surface area contributed by atoms with Crippen molar-refractivity contribution in [3.05, 3.63) is 64.2 Å². The Labute approximate surface area is 172 Å². The molecule has 2 aromatic carbocycles. The molecule has 5 N–H and O–H groups in total. The molecular weight excluding hydrogens is 396 g/mol. The van der Waals surface area contributed by atoms with Crippen LogP contribution in [0.5, 0.6) is 5.75 Å². The normalized spacial score (nSPS) is 11.5. The number of primary amides is 1. The molecule has 30 heavy (non-hydrogen) atoms. The maximum absolute atomic E-state index is 14.5. The van der Waals surface area contributed by atoms with Gasteiger partial charge >= 0.3 is 0 Å². The highest BCUT2D eigenvalue weighted by Gasteiger charge is 2.19. The first-order valence-corrected chi connectivity index (χ1v) is 9.27. The van der Waals surface area contributed by atoms with Crippen molar-refractivity contribution in [1.82, 2.24) is 0 Å². The van der Waals surface area contributed by atoms with Crippen molar-refractivity contribution in [2.75, 3.05) is 19.8 Å². The van der Waals surface area contributed by atoms with Crippen LogP contribution in [0.2, 0.25) is 0 Å². The molecule has 8 heteroatoms. The predicted octanol–water partition coefficient (Wildman–Crippen LogP) is 1.51. The van der Waals surface area contributed by atoms with Crippen LogP contribution in [0.25, 0.3) is 0 Å². The lowest BCUT2D eigenvalue weighted by atomic mass is 9.97. The molecule has 0 fully saturated rings. The largest absolute Gasteiger partial charge is 0.493 e. The first-order valence-electron chi connectivity index (χ1n) is 9.27. The predicted molar refractivity (Wildman–Crippen MR) is 106 cm³/mol. The topological polar surface area (TPSA) is 113 Å². The first kappa shape index (κ1) is 23.3. The number of benzene rings is 2. The number of halogens is 2. The number of hydrogen-bond donors (Lipinski definition) is 4. The van der Waals surface area contributed by atoms with Crippen LogP contribution in [0, 0.1) is 23.5 Å². The molecule has 0 radical (unpaired) electrons. The van der Waals surface area contributed by atoms with Gasteiger partial charge in [0.25, 0.3) is 5.91 Å². The average Bonchev–Trinajstić information content (AvgIpc) is 2.69. The van der Waals surface area contributed by atoms with E-state index in [9.17, 15) is 18.7 Å². The zero-order valence-electron chi connectivity index (χ0n) is 16.2. The van der Waals surface area contributed by atoms with Crippen LogP contribution in [0.4, 0.5) is 8.78 Å². The molecule has 0 aliphatic heterocycles. The summed E-state index contributed by atoms with van der Waals surface area (Å²) in [4.78, 5) is 12.0. The number of amides is 1. The van der Waals surface area contributed by atoms with Gasteiger partial charge in [0.05, 0.1) is 31.5 Å². The molecule has 1 amide bonds. The van der Waals surface area contributed by atoms with E-state index in [1.165, 1.54) is 12.1 Å². The summed E-state index contributed by atoms with van der Waals surface area (Å²) in [6.45, 7) is -0.632. The van der Waals surface area contributed by atoms with E-state index in [1.54, 1.807) is 6.07 Å². The van der Waals surface area contributed by atoms with Gasteiger partial charge in [0.1, 0.15) is 17.4 Å². The van der Waals surface area contributed by atoms with Crippen LogP contribution < -0.4 is 10.5 Å². The smallest absolute Gasteiger partial charge is 0.252 e. The van der Waals surface area contributed by atoms with Crippen LogP contribution in [-0.2, 0) is 6.42 Å². The molecule has 0 spiro atoms. The van der Waals surface area contributed by atoms with Crippen molar-refractivity contribution in [3.63, 3.8) is 0 Å². The minimum Gasteiger partial charge on any atom is -0.493 e. The fourth-order valence-electron chi connectivity index (χ4n) is 2.76. The SMILES string of the molecule is NC(=O)c1c(Cc2ccc(C#CCCO)cc2F)cc(F)cc1OCC[C@@H](O)CO. The number of hydrogen-bond acceptors (Lipinski definition) is 5. The molecular formula is C22H23F2NO5. The van der Waals surface area contributed by atoms with Crippen molar-refractivity contribution in [1.29, 1.82) is 0 Å². The lowest BCUT2D eigenvalue weighted by molar-refractivity contribution is 0.0750. The molecule has 0 saturated carbocycles. The minimum atomic E-state index is -1.01. The highest BCUT2D eigenvalue weighted by atomic mass is 19.1. The maximum atomic E-state index is 14.5. The Hall–Kier alpha value is -2.99. The Morgan fingerprint density at radius 2 is 1.93 bits per heavy atom. The zero-order chi connectivity index (χ0) is 22.1. The molecule has 0 aromatic heterocycles. The second kappa shape index (κ2) is 11.3. The average molecular weight is 419 g/mol. The lowest BCUT2D eigenvalue weighted by Crippen LogP contribution is -2.19. The van der Waals surface area contributed by atoms with Crippen molar-refractivity contribution < 1.29 is 33.6 Å². The summed E-state index contributed by atoms with van der Waals surface area (Å²) < 4.78 is 34.0. The first-order chi connectivity index (χ1) is 14.3. The lowest BCUT2D eigenvalue weighted by Gasteiger charge is -2.15. The van der Waals surface area contributed by atoms with Gasteiger partial charge in [-0.2, -0.15) is 0 Å². The van der Waals surface area contributed by atoms with Crippen molar-refractivity contribution in [2.24, 2.45) is 5.73 Å². The summed E-state index contributed by atoms with van der Waals surface area (Å²) in [5.74, 6) is 3.15. The van der Waals surface area contributed by atoms with Crippen molar-refractivity contribution in [2.45, 2.75) is 25.4 Å². The molecule has 0 bridgehead atoms. The van der Waals surface area contributed by atoms with E-state index in [4.69, 9.17) is 20.7 Å². The van der Waals surface area contributed by atoms with Gasteiger partial charge < -0.3 is 25.8 Å². The maximum Gasteiger partial charge on any atom is 0.252 e. The van der Waals surface area contributed by atoms with Crippen LogP contribution >= 0.6 is 0 Å². The summed E-state index contributed by atoms with van der Waals surface area (Å²) in [7, 11) is 0. The summed E-state index contributed by atoms with van der Waals surface area (Å²) in [5, 5.41) is 27.0. The third-order valence-corrected chi connectivity index (χ3v) is 4.22. The molecule has 2 aromatic rings. The Morgan fingerprint density at radius 1 is 1.17 bits per heavy atom. The number of carbonyl (C=O) groups is 1. The highest BCUT2D eigenvalue weighted by Crippen LogP contribution is 2.27. The minimum absolute atomic E-state index is 0.0634. The van der Waals surface area contributed by atoms with Crippen molar-refractivity contribution in [3.8, 4) is 17.6 Å². The van der Waals surface area contributed by atoms with Gasteiger partial charge in [0.2, 0.25) is 0 Å². The van der Waals surface area contributed by atoms with Gasteiger partial charge in [-0.25, -0.2) is 8.78 Å². The van der Waals surface area contributed by atoms with Gasteiger partial charge in [-0.1, -0.05) is 17.9 Å². The fourth-order valence-corrected chi connectivity index (χ4v) is 2.76. The Morgan fingerprint density at radius 3 is 2.57 bits per heavy atom. The van der Waals surface area contributed by atoms with Gasteiger partial charge in [-0.15, -0.1) is 0 Å². The second-order valence-electron chi connectivity index (χ2n) is 6.53. The number of carbonyl (C=O) groups excluding carboxylic acids is 1. The number of aliphatic hydroxyl groups is 3. The summed E-state index contributed by atoms with van der Waals surface area (Å²) in [6, 6.07) is 6.36. The monoisotopic (exact) mass is 419 g/mol. The molecule has 0 heterocycles. The molecule has 0 unspecified atom stereocenters. The zero-order valence-corrected chi connectivity index (χ0v) is 16.2. The quantitative estimate of drug-likeness (QED) is 0.460. The molecule has 160 valence electrons. The standard InChI is InChI=1S/C22H23F2NO5/c23-17-11-16(10-15-5-4-14(9-19(15)24)3-1-2-7-26)21(22(25)29)20(12-17)30-8-6-18(28)13-27/h4-5,9,11-12,18,26-28H,2,6-8,10,13H2,(H2,25,29)/t18-/m1/s1. The van der Waals surface area contributed by atoms with Gasteiger partial charge in [-0.05, 0) is 29.3 Å². The fraction of sp³-hybridized carbons (Fsp3) is 0.318. The van der Waals surface area contributed by atoms with Crippen molar-refractivity contribution >= 4 is 5.91 Å². The van der Waals surface area contributed by atoms with E-state index in [1.807, 2.05) is 0 Å². The van der Waals surface area contributed by atoms with E-state index >= 15 is 0 Å². The van der Waals surface area contributed by atoms with E-state index < -0.39 is 30.3 Å². The molecule has 1 atom stereocenters. The van der Waals surface area contributed by atoms with Crippen LogP contribution in [0.15, 0.2) is 30.3 Å². The summed E-state index contributed by atoms with van der Waals surface area (Å²) in [5.41, 5.74) is 6.14. The Kier molecular flexibility index (Phi) is 8.74. The number of ether oxygens (including phenoxy) is 1. The van der Waals surface area contributed by atoms with Crippen LogP contribution in [-0.4, -0.2) is 47.2 Å².